The van der Waals surface area contributed by atoms with Crippen molar-refractivity contribution in [2.24, 2.45) is 0 Å². The highest BCUT2D eigenvalue weighted by atomic mass is 35.5. The third-order valence-corrected chi connectivity index (χ3v) is 7.81. The molecule has 42 heavy (non-hydrogen) atoms. The molecule has 10 nitrogen and oxygen atoms in total. The maximum atomic E-state index is 11.5. The van der Waals surface area contributed by atoms with Gasteiger partial charge < -0.3 is 4.79 Å². The van der Waals surface area contributed by atoms with Crippen molar-refractivity contribution < 1.29 is 47.8 Å². The first-order valence-corrected chi connectivity index (χ1v) is 17.7. The van der Waals surface area contributed by atoms with Gasteiger partial charge in [-0.15, -0.1) is 23.2 Å². The third kappa shape index (κ3) is 14.2. The number of halogens is 5. The molecule has 0 saturated heterocycles. The van der Waals surface area contributed by atoms with Gasteiger partial charge in [-0.1, -0.05) is 41.5 Å². The van der Waals surface area contributed by atoms with Gasteiger partial charge in [0.1, 0.15) is 6.29 Å². The first-order valence-electron chi connectivity index (χ1n) is 11.5. The molecule has 1 heterocycles. The summed E-state index contributed by atoms with van der Waals surface area (Å²) in [6, 6.07) is 12.9. The van der Waals surface area contributed by atoms with Crippen LogP contribution in [0, 0.1) is 13.8 Å². The molecule has 0 saturated carbocycles. The van der Waals surface area contributed by atoms with E-state index in [0.29, 0.717) is 18.5 Å². The van der Waals surface area contributed by atoms with Crippen LogP contribution >= 0.6 is 23.2 Å². The van der Waals surface area contributed by atoms with E-state index in [2.05, 4.69) is 0 Å². The van der Waals surface area contributed by atoms with Gasteiger partial charge in [0.05, 0.1) is 35.8 Å². The van der Waals surface area contributed by atoms with E-state index in [1.165, 1.54) is 14.9 Å². The highest BCUT2D eigenvalue weighted by molar-refractivity contribution is 7.92. The van der Waals surface area contributed by atoms with Crippen molar-refractivity contribution in [2.75, 3.05) is 39.6 Å². The van der Waals surface area contributed by atoms with E-state index in [4.69, 9.17) is 36.2 Å². The topological polar surface area (TPSA) is 146 Å². The summed E-state index contributed by atoms with van der Waals surface area (Å²) in [6.45, 7) is 4.54. The fourth-order valence-corrected chi connectivity index (χ4v) is 4.91. The molecule has 238 valence electrons. The summed E-state index contributed by atoms with van der Waals surface area (Å²) in [5, 5.41) is 0.194. The highest BCUT2D eigenvalue weighted by Crippen LogP contribution is 2.28. The SMILES string of the molecule is Cc1ccc(N(CCC=O)S(C)(=O)=O)cc1.Cc1ccc2c(c1)C=CCN2S(C)(=O)=O.ClCCl.O=S(=O)(O)C(F)(F)F. The molecule has 0 bridgehead atoms. The number of anilines is 2. The van der Waals surface area contributed by atoms with E-state index in [1.807, 2.05) is 56.3 Å². The normalized spacial score (nSPS) is 12.8. The second-order valence-corrected chi connectivity index (χ2v) is 14.4. The largest absolute Gasteiger partial charge is 0.522 e. The number of aldehydes is 1. The van der Waals surface area contributed by atoms with Gasteiger partial charge in [0.25, 0.3) is 0 Å². The van der Waals surface area contributed by atoms with Crippen LogP contribution in [-0.2, 0) is 35.0 Å². The summed E-state index contributed by atoms with van der Waals surface area (Å²) in [4.78, 5) is 10.3. The molecular formula is C24H31Cl2F3N2O8S3. The van der Waals surface area contributed by atoms with Crippen LogP contribution in [0.3, 0.4) is 0 Å². The summed E-state index contributed by atoms with van der Waals surface area (Å²) in [5.74, 6) is 0. The molecule has 1 aliphatic heterocycles. The Hall–Kier alpha value is -2.37. The summed E-state index contributed by atoms with van der Waals surface area (Å²) in [7, 11) is -12.3. The number of hydrogen-bond acceptors (Lipinski definition) is 7. The van der Waals surface area contributed by atoms with Crippen molar-refractivity contribution in [1.29, 1.82) is 0 Å². The summed E-state index contributed by atoms with van der Waals surface area (Å²) < 4.78 is 106. The number of rotatable bonds is 6. The molecule has 0 fully saturated rings. The molecule has 0 radical (unpaired) electrons. The Morgan fingerprint density at radius 1 is 0.952 bits per heavy atom. The molecule has 0 atom stereocenters. The Morgan fingerprint density at radius 3 is 1.83 bits per heavy atom. The van der Waals surface area contributed by atoms with Crippen LogP contribution in [0.15, 0.2) is 48.5 Å². The molecule has 1 aliphatic rings. The number of sulfonamides is 2. The fraction of sp³-hybridized carbons (Fsp3) is 0.375. The second-order valence-electron chi connectivity index (χ2n) is 8.41. The molecule has 2 aromatic carbocycles. The Morgan fingerprint density at radius 2 is 1.43 bits per heavy atom. The standard InChI is InChI=1S/C11H15NO3S.C11H13NO2S.CH2Cl2.CHF3O3S/c1-10-4-6-11(7-5-10)12(8-3-9-13)16(2,14)15;1-9-5-6-11-10(8-9)4-3-7-12(11)15(2,13)14;2-1-3;2-1(3,4)8(5,6)7/h4-7,9H,3,8H2,1-2H3;3-6,8H,7H2,1-2H3;1H2;(H,5,6,7). The van der Waals surface area contributed by atoms with E-state index in [1.54, 1.807) is 12.1 Å². The molecule has 0 unspecified atom stereocenters. The summed E-state index contributed by atoms with van der Waals surface area (Å²) >= 11 is 9.53. The Bertz CT molecular complexity index is 1520. The van der Waals surface area contributed by atoms with Crippen LogP contribution in [0.1, 0.15) is 23.1 Å². The van der Waals surface area contributed by atoms with E-state index < -0.39 is 35.7 Å². The zero-order valence-electron chi connectivity index (χ0n) is 22.9. The van der Waals surface area contributed by atoms with Gasteiger partial charge in [0.2, 0.25) is 20.0 Å². The number of carbonyl (C=O) groups is 1. The molecule has 0 spiro atoms. The number of nitrogens with zero attached hydrogens (tertiary/aromatic N) is 2. The van der Waals surface area contributed by atoms with Gasteiger partial charge >= 0.3 is 15.6 Å². The average molecular weight is 700 g/mol. The van der Waals surface area contributed by atoms with E-state index in [9.17, 15) is 34.8 Å². The minimum Gasteiger partial charge on any atom is -0.303 e. The fourth-order valence-electron chi connectivity index (χ4n) is 3.09. The molecule has 18 heteroatoms. The average Bonchev–Trinajstić information content (AvgIpc) is 2.83. The second kappa shape index (κ2) is 17.1. The van der Waals surface area contributed by atoms with Crippen molar-refractivity contribution in [3.8, 4) is 0 Å². The van der Waals surface area contributed by atoms with Crippen molar-refractivity contribution in [1.82, 2.24) is 0 Å². The van der Waals surface area contributed by atoms with Gasteiger partial charge in [0, 0.05) is 13.0 Å². The molecule has 0 aliphatic carbocycles. The molecule has 0 aromatic heterocycles. The number of benzene rings is 2. The van der Waals surface area contributed by atoms with Crippen molar-refractivity contribution in [2.45, 2.75) is 25.8 Å². The lowest BCUT2D eigenvalue weighted by Crippen LogP contribution is -2.31. The van der Waals surface area contributed by atoms with Crippen molar-refractivity contribution in [3.05, 3.63) is 65.2 Å². The molecular weight excluding hydrogens is 668 g/mol. The van der Waals surface area contributed by atoms with Crippen LogP contribution in [-0.4, -0.2) is 72.5 Å². The zero-order valence-corrected chi connectivity index (χ0v) is 26.9. The monoisotopic (exact) mass is 698 g/mol. The third-order valence-electron chi connectivity index (χ3n) is 4.89. The lowest BCUT2D eigenvalue weighted by atomic mass is 10.1. The van der Waals surface area contributed by atoms with Gasteiger partial charge in [-0.25, -0.2) is 16.8 Å². The molecule has 2 aromatic rings. The molecule has 0 amide bonds. The first kappa shape index (κ1) is 39.6. The summed E-state index contributed by atoms with van der Waals surface area (Å²) in [5.41, 5.74) is -1.01. The van der Waals surface area contributed by atoms with Crippen molar-refractivity contribution in [3.63, 3.8) is 0 Å². The Kier molecular flexibility index (Phi) is 16.1. The Balaban J connectivity index is 0.000000601. The zero-order chi connectivity index (χ0) is 32.9. The minimum absolute atomic E-state index is 0.186. The molecule has 3 rings (SSSR count). The smallest absolute Gasteiger partial charge is 0.303 e. The van der Waals surface area contributed by atoms with E-state index >= 15 is 0 Å². The minimum atomic E-state index is -5.84. The summed E-state index contributed by atoms with van der Waals surface area (Å²) in [6.07, 6.45) is 7.10. The number of alkyl halides is 5. The van der Waals surface area contributed by atoms with Crippen LogP contribution in [0.25, 0.3) is 6.08 Å². The lowest BCUT2D eigenvalue weighted by Gasteiger charge is -2.25. The highest BCUT2D eigenvalue weighted by Gasteiger charge is 2.44. The molecule has 1 N–H and O–H groups in total. The lowest BCUT2D eigenvalue weighted by molar-refractivity contribution is -0.107. The van der Waals surface area contributed by atoms with Crippen LogP contribution in [0.4, 0.5) is 24.5 Å². The number of aryl methyl sites for hydroxylation is 2. The van der Waals surface area contributed by atoms with E-state index in [0.717, 1.165) is 28.6 Å². The Labute approximate surface area is 254 Å². The number of hydrogen-bond donors (Lipinski definition) is 1. The van der Waals surface area contributed by atoms with Gasteiger partial charge in [-0.2, -0.15) is 21.6 Å². The van der Waals surface area contributed by atoms with Crippen LogP contribution in [0.5, 0.6) is 0 Å². The number of carbonyl (C=O) groups excluding carboxylic acids is 1. The maximum absolute atomic E-state index is 11.5. The van der Waals surface area contributed by atoms with Crippen LogP contribution in [0.2, 0.25) is 0 Å². The quantitative estimate of drug-likeness (QED) is 0.193. The maximum Gasteiger partial charge on any atom is 0.522 e. The van der Waals surface area contributed by atoms with Crippen molar-refractivity contribution >= 4 is 77.1 Å². The van der Waals surface area contributed by atoms with E-state index in [-0.39, 0.29) is 18.3 Å². The predicted octanol–water partition coefficient (Wildman–Crippen LogP) is 4.95. The number of fused-ring (bicyclic) bond motifs is 1. The van der Waals surface area contributed by atoms with Gasteiger partial charge in [-0.3, -0.25) is 13.2 Å². The predicted molar refractivity (Wildman–Crippen MR) is 161 cm³/mol. The van der Waals surface area contributed by atoms with Gasteiger partial charge in [-0.05, 0) is 43.7 Å². The van der Waals surface area contributed by atoms with Gasteiger partial charge in [0.15, 0.2) is 0 Å². The van der Waals surface area contributed by atoms with Crippen LogP contribution < -0.4 is 8.61 Å². The first-order chi connectivity index (χ1) is 19.1.